The fourth-order valence-corrected chi connectivity index (χ4v) is 2.77. The minimum atomic E-state index is -0.0650. The van der Waals surface area contributed by atoms with Gasteiger partial charge in [-0.25, -0.2) is 4.79 Å². The second-order valence-corrected chi connectivity index (χ2v) is 5.55. The zero-order chi connectivity index (χ0) is 15.8. The summed E-state index contributed by atoms with van der Waals surface area (Å²) in [7, 11) is 1.63. The van der Waals surface area contributed by atoms with Crippen molar-refractivity contribution in [3.05, 3.63) is 23.8 Å². The van der Waals surface area contributed by atoms with E-state index in [1.54, 1.807) is 7.11 Å². The van der Waals surface area contributed by atoms with E-state index in [2.05, 4.69) is 10.6 Å². The highest BCUT2D eigenvalue weighted by Crippen LogP contribution is 2.28. The van der Waals surface area contributed by atoms with E-state index >= 15 is 0 Å². The van der Waals surface area contributed by atoms with Gasteiger partial charge in [0.25, 0.3) is 0 Å². The average Bonchev–Trinajstić information content (AvgIpc) is 3.01. The minimum absolute atomic E-state index is 0.0650. The minimum Gasteiger partial charge on any atom is -0.493 e. The number of ether oxygens (including phenoxy) is 2. The molecule has 1 aromatic carbocycles. The van der Waals surface area contributed by atoms with E-state index in [1.165, 1.54) is 12.8 Å². The molecular weight excluding hydrogens is 280 g/mol. The van der Waals surface area contributed by atoms with Crippen molar-refractivity contribution in [2.45, 2.75) is 45.1 Å². The van der Waals surface area contributed by atoms with Gasteiger partial charge >= 0.3 is 6.03 Å². The largest absolute Gasteiger partial charge is 0.493 e. The van der Waals surface area contributed by atoms with Crippen molar-refractivity contribution in [2.75, 3.05) is 20.3 Å². The quantitative estimate of drug-likeness (QED) is 0.814. The van der Waals surface area contributed by atoms with Crippen molar-refractivity contribution < 1.29 is 14.3 Å². The standard InChI is InChI=1S/C17H26N2O3/c1-3-22-15-9-8-13(12-16(15)21-2)10-11-18-17(20)19-14-6-4-5-7-14/h8-9,12,14H,3-7,10-11H2,1-2H3,(H2,18,19,20). The lowest BCUT2D eigenvalue weighted by Gasteiger charge is -2.13. The molecule has 1 aliphatic rings. The smallest absolute Gasteiger partial charge is 0.315 e. The summed E-state index contributed by atoms with van der Waals surface area (Å²) < 4.78 is 10.8. The molecule has 0 aliphatic heterocycles. The molecule has 0 saturated heterocycles. The Morgan fingerprint density at radius 3 is 2.73 bits per heavy atom. The lowest BCUT2D eigenvalue weighted by atomic mass is 10.1. The molecular formula is C17H26N2O3. The Morgan fingerprint density at radius 1 is 1.27 bits per heavy atom. The van der Waals surface area contributed by atoms with Crippen LogP contribution in [-0.4, -0.2) is 32.3 Å². The Kier molecular flexibility index (Phi) is 6.37. The number of carbonyl (C=O) groups is 1. The van der Waals surface area contributed by atoms with Crippen LogP contribution < -0.4 is 20.1 Å². The first-order chi connectivity index (χ1) is 10.7. The predicted octanol–water partition coefficient (Wildman–Crippen LogP) is 2.88. The zero-order valence-corrected chi connectivity index (χ0v) is 13.5. The predicted molar refractivity (Wildman–Crippen MR) is 86.7 cm³/mol. The van der Waals surface area contributed by atoms with Crippen LogP contribution in [0.25, 0.3) is 0 Å². The number of methoxy groups -OCH3 is 1. The summed E-state index contributed by atoms with van der Waals surface area (Å²) in [5, 5.41) is 5.93. The number of hydrogen-bond donors (Lipinski definition) is 2. The summed E-state index contributed by atoms with van der Waals surface area (Å²) in [4.78, 5) is 11.8. The van der Waals surface area contributed by atoms with E-state index in [9.17, 15) is 4.79 Å². The number of rotatable bonds is 7. The van der Waals surface area contributed by atoms with Crippen molar-refractivity contribution in [2.24, 2.45) is 0 Å². The molecule has 5 nitrogen and oxygen atoms in total. The van der Waals surface area contributed by atoms with Gasteiger partial charge in [-0.3, -0.25) is 0 Å². The van der Waals surface area contributed by atoms with Gasteiger partial charge < -0.3 is 20.1 Å². The molecule has 2 rings (SSSR count). The van der Waals surface area contributed by atoms with E-state index in [0.717, 1.165) is 36.3 Å². The maximum atomic E-state index is 11.8. The van der Waals surface area contributed by atoms with Crippen molar-refractivity contribution in [1.29, 1.82) is 0 Å². The van der Waals surface area contributed by atoms with Crippen LogP contribution in [0, 0.1) is 0 Å². The molecule has 1 aromatic rings. The third-order valence-electron chi connectivity index (χ3n) is 3.92. The fourth-order valence-electron chi connectivity index (χ4n) is 2.77. The van der Waals surface area contributed by atoms with Crippen LogP contribution in [0.3, 0.4) is 0 Å². The Bertz CT molecular complexity index is 485. The average molecular weight is 306 g/mol. The Balaban J connectivity index is 1.77. The Morgan fingerprint density at radius 2 is 2.05 bits per heavy atom. The van der Waals surface area contributed by atoms with Gasteiger partial charge in [-0.05, 0) is 43.9 Å². The van der Waals surface area contributed by atoms with Gasteiger partial charge in [0.2, 0.25) is 0 Å². The summed E-state index contributed by atoms with van der Waals surface area (Å²) in [6.07, 6.45) is 5.40. The third-order valence-corrected chi connectivity index (χ3v) is 3.92. The summed E-state index contributed by atoms with van der Waals surface area (Å²) in [6.45, 7) is 3.16. The van der Waals surface area contributed by atoms with Crippen molar-refractivity contribution >= 4 is 6.03 Å². The lowest BCUT2D eigenvalue weighted by molar-refractivity contribution is 0.237. The fraction of sp³-hybridized carbons (Fsp3) is 0.588. The normalized spacial score (nSPS) is 14.6. The van der Waals surface area contributed by atoms with Crippen LogP contribution in [0.2, 0.25) is 0 Å². The van der Waals surface area contributed by atoms with Gasteiger partial charge in [-0.15, -0.1) is 0 Å². The second-order valence-electron chi connectivity index (χ2n) is 5.55. The molecule has 1 aliphatic carbocycles. The molecule has 0 radical (unpaired) electrons. The molecule has 0 aromatic heterocycles. The van der Waals surface area contributed by atoms with E-state index in [-0.39, 0.29) is 6.03 Å². The van der Waals surface area contributed by atoms with E-state index < -0.39 is 0 Å². The Labute approximate surface area is 132 Å². The molecule has 0 atom stereocenters. The number of urea groups is 1. The van der Waals surface area contributed by atoms with Crippen molar-refractivity contribution in [3.8, 4) is 11.5 Å². The van der Waals surface area contributed by atoms with Crippen LogP contribution in [0.4, 0.5) is 4.79 Å². The molecule has 2 amide bonds. The van der Waals surface area contributed by atoms with E-state index in [0.29, 0.717) is 19.2 Å². The van der Waals surface area contributed by atoms with Crippen LogP contribution in [0.15, 0.2) is 18.2 Å². The number of nitrogens with one attached hydrogen (secondary N) is 2. The molecule has 1 saturated carbocycles. The van der Waals surface area contributed by atoms with Crippen LogP contribution in [0.5, 0.6) is 11.5 Å². The lowest BCUT2D eigenvalue weighted by Crippen LogP contribution is -2.41. The summed E-state index contributed by atoms with van der Waals surface area (Å²) in [5.74, 6) is 1.48. The van der Waals surface area contributed by atoms with Gasteiger partial charge in [-0.2, -0.15) is 0 Å². The number of hydrogen-bond acceptors (Lipinski definition) is 3. The van der Waals surface area contributed by atoms with Gasteiger partial charge in [0.15, 0.2) is 11.5 Å². The topological polar surface area (TPSA) is 59.6 Å². The van der Waals surface area contributed by atoms with Crippen LogP contribution in [-0.2, 0) is 6.42 Å². The Hall–Kier alpha value is -1.91. The molecule has 2 N–H and O–H groups in total. The number of benzene rings is 1. The maximum Gasteiger partial charge on any atom is 0.315 e. The molecule has 22 heavy (non-hydrogen) atoms. The van der Waals surface area contributed by atoms with E-state index in [1.807, 2.05) is 25.1 Å². The van der Waals surface area contributed by atoms with E-state index in [4.69, 9.17) is 9.47 Å². The highest BCUT2D eigenvalue weighted by Gasteiger charge is 2.16. The number of carbonyl (C=O) groups excluding carboxylic acids is 1. The molecule has 0 spiro atoms. The maximum absolute atomic E-state index is 11.8. The monoisotopic (exact) mass is 306 g/mol. The molecule has 0 unspecified atom stereocenters. The van der Waals surface area contributed by atoms with Crippen molar-refractivity contribution in [1.82, 2.24) is 10.6 Å². The van der Waals surface area contributed by atoms with Crippen LogP contribution >= 0.6 is 0 Å². The van der Waals surface area contributed by atoms with Gasteiger partial charge in [0, 0.05) is 12.6 Å². The van der Waals surface area contributed by atoms with Gasteiger partial charge in [0.1, 0.15) is 0 Å². The SMILES string of the molecule is CCOc1ccc(CCNC(=O)NC2CCCC2)cc1OC. The highest BCUT2D eigenvalue weighted by molar-refractivity contribution is 5.74. The first kappa shape index (κ1) is 16.5. The molecule has 122 valence electrons. The zero-order valence-electron chi connectivity index (χ0n) is 13.5. The molecule has 1 fully saturated rings. The van der Waals surface area contributed by atoms with Gasteiger partial charge in [0.05, 0.1) is 13.7 Å². The summed E-state index contributed by atoms with van der Waals surface area (Å²) in [6, 6.07) is 6.16. The summed E-state index contributed by atoms with van der Waals surface area (Å²) in [5.41, 5.74) is 1.11. The molecule has 0 bridgehead atoms. The third kappa shape index (κ3) is 4.83. The first-order valence-electron chi connectivity index (χ1n) is 8.07. The summed E-state index contributed by atoms with van der Waals surface area (Å²) >= 11 is 0. The van der Waals surface area contributed by atoms with Crippen LogP contribution in [0.1, 0.15) is 38.2 Å². The number of amides is 2. The van der Waals surface area contributed by atoms with Crippen molar-refractivity contribution in [3.63, 3.8) is 0 Å². The highest BCUT2D eigenvalue weighted by atomic mass is 16.5. The first-order valence-corrected chi connectivity index (χ1v) is 8.07. The molecule has 0 heterocycles. The second kappa shape index (κ2) is 8.51. The van der Waals surface area contributed by atoms with Gasteiger partial charge in [-0.1, -0.05) is 18.9 Å². The molecule has 5 heteroatoms.